The number of piperazine rings is 1. The molecule has 0 saturated carbocycles. The highest BCUT2D eigenvalue weighted by atomic mass is 15.1. The van der Waals surface area contributed by atoms with Gasteiger partial charge < -0.3 is 10.6 Å². The SMILES string of the molecule is CCC1(CC)CNC[C@H](C)N1. The molecule has 2 N–H and O–H groups in total. The molecule has 0 aliphatic carbocycles. The van der Waals surface area contributed by atoms with E-state index < -0.39 is 0 Å². The van der Waals surface area contributed by atoms with Crippen LogP contribution >= 0.6 is 0 Å². The van der Waals surface area contributed by atoms with Crippen molar-refractivity contribution in [2.45, 2.75) is 45.2 Å². The van der Waals surface area contributed by atoms with Gasteiger partial charge in [-0.15, -0.1) is 0 Å². The fourth-order valence-corrected chi connectivity index (χ4v) is 1.86. The van der Waals surface area contributed by atoms with E-state index in [-0.39, 0.29) is 0 Å². The maximum Gasteiger partial charge on any atom is 0.0303 e. The number of hydrogen-bond donors (Lipinski definition) is 2. The zero-order chi connectivity index (χ0) is 8.32. The van der Waals surface area contributed by atoms with Crippen LogP contribution in [-0.2, 0) is 0 Å². The van der Waals surface area contributed by atoms with Gasteiger partial charge in [-0.25, -0.2) is 0 Å². The topological polar surface area (TPSA) is 24.1 Å². The minimum Gasteiger partial charge on any atom is -0.313 e. The molecule has 1 heterocycles. The second kappa shape index (κ2) is 3.55. The normalized spacial score (nSPS) is 30.3. The quantitative estimate of drug-likeness (QED) is 0.626. The first kappa shape index (κ1) is 9.01. The minimum atomic E-state index is 0.373. The number of hydrogen-bond acceptors (Lipinski definition) is 2. The van der Waals surface area contributed by atoms with Crippen molar-refractivity contribution in [3.05, 3.63) is 0 Å². The monoisotopic (exact) mass is 156 g/mol. The number of rotatable bonds is 2. The number of nitrogens with one attached hydrogen (secondary N) is 2. The third-order valence-corrected chi connectivity index (χ3v) is 2.82. The van der Waals surface area contributed by atoms with Crippen molar-refractivity contribution in [3.8, 4) is 0 Å². The maximum absolute atomic E-state index is 3.67. The van der Waals surface area contributed by atoms with Gasteiger partial charge in [0.2, 0.25) is 0 Å². The fourth-order valence-electron chi connectivity index (χ4n) is 1.86. The van der Waals surface area contributed by atoms with Crippen LogP contribution in [0.1, 0.15) is 33.6 Å². The Kier molecular flexibility index (Phi) is 2.90. The highest BCUT2D eigenvalue weighted by Gasteiger charge is 2.30. The summed E-state index contributed by atoms with van der Waals surface area (Å²) in [6, 6.07) is 0.628. The molecular weight excluding hydrogens is 136 g/mol. The zero-order valence-corrected chi connectivity index (χ0v) is 7.91. The van der Waals surface area contributed by atoms with Gasteiger partial charge in [0.15, 0.2) is 0 Å². The lowest BCUT2D eigenvalue weighted by atomic mass is 9.90. The fraction of sp³-hybridized carbons (Fsp3) is 1.00. The van der Waals surface area contributed by atoms with Gasteiger partial charge >= 0.3 is 0 Å². The van der Waals surface area contributed by atoms with E-state index in [2.05, 4.69) is 31.4 Å². The lowest BCUT2D eigenvalue weighted by Crippen LogP contribution is -2.62. The van der Waals surface area contributed by atoms with Crippen molar-refractivity contribution in [2.24, 2.45) is 0 Å². The standard InChI is InChI=1S/C9H20N2/c1-4-9(5-2)7-10-6-8(3)11-9/h8,10-11H,4-7H2,1-3H3/t8-/m0/s1. The second-order valence-electron chi connectivity index (χ2n) is 3.66. The molecule has 1 atom stereocenters. The molecule has 66 valence electrons. The summed E-state index contributed by atoms with van der Waals surface area (Å²) in [6.45, 7) is 9.00. The van der Waals surface area contributed by atoms with Gasteiger partial charge in [-0.1, -0.05) is 13.8 Å². The first-order valence-electron chi connectivity index (χ1n) is 4.71. The molecule has 0 amide bonds. The lowest BCUT2D eigenvalue weighted by molar-refractivity contribution is 0.217. The Bertz CT molecular complexity index is 119. The summed E-state index contributed by atoms with van der Waals surface area (Å²) in [7, 11) is 0. The van der Waals surface area contributed by atoms with E-state index >= 15 is 0 Å². The van der Waals surface area contributed by atoms with Crippen molar-refractivity contribution >= 4 is 0 Å². The molecule has 0 aromatic heterocycles. The van der Waals surface area contributed by atoms with Crippen molar-refractivity contribution in [1.29, 1.82) is 0 Å². The largest absolute Gasteiger partial charge is 0.313 e. The Morgan fingerprint density at radius 1 is 1.36 bits per heavy atom. The molecule has 2 heteroatoms. The zero-order valence-electron chi connectivity index (χ0n) is 7.91. The molecule has 1 rings (SSSR count). The van der Waals surface area contributed by atoms with Crippen LogP contribution in [0.3, 0.4) is 0 Å². The summed E-state index contributed by atoms with van der Waals surface area (Å²) in [5.74, 6) is 0. The van der Waals surface area contributed by atoms with Crippen LogP contribution in [0.4, 0.5) is 0 Å². The van der Waals surface area contributed by atoms with E-state index in [1.54, 1.807) is 0 Å². The summed E-state index contributed by atoms with van der Waals surface area (Å²) in [5, 5.41) is 7.13. The summed E-state index contributed by atoms with van der Waals surface area (Å²) in [6.07, 6.45) is 2.45. The molecular formula is C9H20N2. The van der Waals surface area contributed by atoms with E-state index in [1.165, 1.54) is 12.8 Å². The van der Waals surface area contributed by atoms with Gasteiger partial charge in [-0.05, 0) is 19.8 Å². The van der Waals surface area contributed by atoms with E-state index in [1.807, 2.05) is 0 Å². The van der Waals surface area contributed by atoms with Gasteiger partial charge in [-0.2, -0.15) is 0 Å². The molecule has 0 radical (unpaired) electrons. The lowest BCUT2D eigenvalue weighted by Gasteiger charge is -2.41. The van der Waals surface area contributed by atoms with Crippen LogP contribution in [-0.4, -0.2) is 24.7 Å². The van der Waals surface area contributed by atoms with Crippen LogP contribution < -0.4 is 10.6 Å². The minimum absolute atomic E-state index is 0.373. The van der Waals surface area contributed by atoms with Crippen LogP contribution in [0.25, 0.3) is 0 Å². The van der Waals surface area contributed by atoms with Crippen molar-refractivity contribution < 1.29 is 0 Å². The first-order valence-corrected chi connectivity index (χ1v) is 4.71. The highest BCUT2D eigenvalue weighted by molar-refractivity contribution is 4.94. The van der Waals surface area contributed by atoms with Gasteiger partial charge in [0.1, 0.15) is 0 Å². The second-order valence-corrected chi connectivity index (χ2v) is 3.66. The molecule has 0 aromatic carbocycles. The van der Waals surface area contributed by atoms with Gasteiger partial charge in [-0.3, -0.25) is 0 Å². The Balaban J connectivity index is 2.52. The van der Waals surface area contributed by atoms with Crippen LogP contribution in [0.5, 0.6) is 0 Å². The molecule has 11 heavy (non-hydrogen) atoms. The van der Waals surface area contributed by atoms with E-state index in [0.717, 1.165) is 13.1 Å². The molecule has 1 fully saturated rings. The van der Waals surface area contributed by atoms with Crippen LogP contribution in [0, 0.1) is 0 Å². The van der Waals surface area contributed by atoms with Crippen LogP contribution in [0.2, 0.25) is 0 Å². The summed E-state index contributed by atoms with van der Waals surface area (Å²) >= 11 is 0. The molecule has 0 spiro atoms. The van der Waals surface area contributed by atoms with Gasteiger partial charge in [0.25, 0.3) is 0 Å². The van der Waals surface area contributed by atoms with Gasteiger partial charge in [0, 0.05) is 24.7 Å². The van der Waals surface area contributed by atoms with Crippen LogP contribution in [0.15, 0.2) is 0 Å². The van der Waals surface area contributed by atoms with Gasteiger partial charge in [0.05, 0.1) is 0 Å². The van der Waals surface area contributed by atoms with E-state index in [4.69, 9.17) is 0 Å². The Hall–Kier alpha value is -0.0800. The molecule has 2 nitrogen and oxygen atoms in total. The maximum atomic E-state index is 3.67. The third-order valence-electron chi connectivity index (χ3n) is 2.82. The smallest absolute Gasteiger partial charge is 0.0303 e. The first-order chi connectivity index (χ1) is 5.22. The Morgan fingerprint density at radius 3 is 2.36 bits per heavy atom. The Labute approximate surface area is 69.8 Å². The molecule has 1 saturated heterocycles. The molecule has 0 unspecified atom stereocenters. The third kappa shape index (κ3) is 1.94. The average Bonchev–Trinajstić information content (AvgIpc) is 2.04. The highest BCUT2D eigenvalue weighted by Crippen LogP contribution is 2.17. The molecule has 1 aliphatic heterocycles. The summed E-state index contributed by atoms with van der Waals surface area (Å²) in [5.41, 5.74) is 0.373. The van der Waals surface area contributed by atoms with E-state index in [0.29, 0.717) is 11.6 Å². The molecule has 0 aromatic rings. The Morgan fingerprint density at radius 2 is 2.00 bits per heavy atom. The summed E-state index contributed by atoms with van der Waals surface area (Å²) < 4.78 is 0. The molecule has 1 aliphatic rings. The van der Waals surface area contributed by atoms with Crippen molar-refractivity contribution in [2.75, 3.05) is 13.1 Å². The van der Waals surface area contributed by atoms with E-state index in [9.17, 15) is 0 Å². The van der Waals surface area contributed by atoms with Crippen molar-refractivity contribution in [3.63, 3.8) is 0 Å². The average molecular weight is 156 g/mol. The molecule has 0 bridgehead atoms. The summed E-state index contributed by atoms with van der Waals surface area (Å²) in [4.78, 5) is 0. The predicted octanol–water partition coefficient (Wildman–Crippen LogP) is 1.13. The van der Waals surface area contributed by atoms with Crippen molar-refractivity contribution in [1.82, 2.24) is 10.6 Å². The predicted molar refractivity (Wildman–Crippen MR) is 48.8 cm³/mol.